The van der Waals surface area contributed by atoms with Crippen molar-refractivity contribution in [1.29, 1.82) is 0 Å². The lowest BCUT2D eigenvalue weighted by Crippen LogP contribution is -2.38. The SMILES string of the molecule is O=[N+]([O-])/N=C1\N(Cc2ccc(Cl)nc2)CCN1P([O-])([O-])=S. The van der Waals surface area contributed by atoms with Gasteiger partial charge in [0, 0.05) is 25.8 Å². The van der Waals surface area contributed by atoms with Crippen LogP contribution >= 0.6 is 18.2 Å². The van der Waals surface area contributed by atoms with E-state index < -0.39 is 11.7 Å². The van der Waals surface area contributed by atoms with Gasteiger partial charge in [-0.25, -0.2) is 15.1 Å². The van der Waals surface area contributed by atoms with Gasteiger partial charge >= 0.3 is 0 Å². The lowest BCUT2D eigenvalue weighted by molar-refractivity contribution is -0.486. The maximum atomic E-state index is 11.5. The first-order chi connectivity index (χ1) is 9.77. The molecule has 1 aromatic heterocycles. The Morgan fingerprint density at radius 3 is 2.71 bits per heavy atom. The maximum absolute atomic E-state index is 11.5. The fourth-order valence-electron chi connectivity index (χ4n) is 1.87. The van der Waals surface area contributed by atoms with Gasteiger partial charge < -0.3 is 19.4 Å². The summed E-state index contributed by atoms with van der Waals surface area (Å²) in [5.74, 6) is -0.289. The highest BCUT2D eigenvalue weighted by atomic mass is 35.5. The highest BCUT2D eigenvalue weighted by Crippen LogP contribution is 2.35. The number of nitrogens with zero attached hydrogens (tertiary/aromatic N) is 5. The normalized spacial score (nSPS) is 17.6. The topological polar surface area (TPSA) is 121 Å². The molecule has 0 unspecified atom stereocenters. The summed E-state index contributed by atoms with van der Waals surface area (Å²) in [6.45, 7) is -3.84. The predicted molar refractivity (Wildman–Crippen MR) is 75.1 cm³/mol. The Labute approximate surface area is 129 Å². The lowest BCUT2D eigenvalue weighted by Gasteiger charge is -2.44. The second-order valence-corrected chi connectivity index (χ2v) is 7.33. The van der Waals surface area contributed by atoms with Crippen molar-refractivity contribution in [2.24, 2.45) is 5.10 Å². The molecule has 1 saturated heterocycles. The Kier molecular flexibility index (Phi) is 4.74. The molecule has 0 aromatic carbocycles. The Balaban J connectivity index is 2.24. The van der Waals surface area contributed by atoms with Crippen molar-refractivity contribution in [1.82, 2.24) is 14.6 Å². The molecular weight excluding hydrogens is 341 g/mol. The molecule has 2 rings (SSSR count). The molecule has 1 aromatic rings. The number of halogens is 1. The summed E-state index contributed by atoms with van der Waals surface area (Å²) >= 11 is 10.0. The number of guanidine groups is 1. The van der Waals surface area contributed by atoms with Gasteiger partial charge in [0.2, 0.25) is 0 Å². The molecule has 21 heavy (non-hydrogen) atoms. The van der Waals surface area contributed by atoms with Crippen LogP contribution in [0.5, 0.6) is 0 Å². The third kappa shape index (κ3) is 4.08. The third-order valence-corrected chi connectivity index (χ3v) is 4.51. The summed E-state index contributed by atoms with van der Waals surface area (Å²) in [7, 11) is 0. The van der Waals surface area contributed by atoms with E-state index in [0.29, 0.717) is 10.7 Å². The van der Waals surface area contributed by atoms with Crippen molar-refractivity contribution in [3.8, 4) is 0 Å². The molecule has 114 valence electrons. The van der Waals surface area contributed by atoms with Gasteiger partial charge in [0.1, 0.15) is 10.3 Å². The van der Waals surface area contributed by atoms with Crippen molar-refractivity contribution >= 4 is 36.0 Å². The molecule has 0 saturated carbocycles. The quantitative estimate of drug-likeness (QED) is 0.304. The minimum Gasteiger partial charge on any atom is -0.817 e. The first-order valence-electron chi connectivity index (χ1n) is 5.66. The standard InChI is InChI=1S/C9H11ClN5O4PS/c10-8-2-1-7(5-11-8)6-13-3-4-14(20(18,19)21)9(13)12-15(16)17/h1-2,5H,3-4,6H2,(H2,18,19,21)/p-2/b12-9+. The summed E-state index contributed by atoms with van der Waals surface area (Å²) in [4.78, 5) is 38.9. The lowest BCUT2D eigenvalue weighted by atomic mass is 10.3. The third-order valence-electron chi connectivity index (χ3n) is 2.72. The number of hydrogen-bond donors (Lipinski definition) is 0. The zero-order chi connectivity index (χ0) is 15.6. The highest BCUT2D eigenvalue weighted by molar-refractivity contribution is 8.06. The predicted octanol–water partition coefficient (Wildman–Crippen LogP) is -0.655. The van der Waals surface area contributed by atoms with Crippen LogP contribution in [0.25, 0.3) is 0 Å². The van der Waals surface area contributed by atoms with Crippen molar-refractivity contribution in [3.63, 3.8) is 0 Å². The zero-order valence-corrected chi connectivity index (χ0v) is 12.9. The fourth-order valence-corrected chi connectivity index (χ4v) is 3.16. The van der Waals surface area contributed by atoms with Gasteiger partial charge in [0.05, 0.1) is 0 Å². The summed E-state index contributed by atoms with van der Waals surface area (Å²) < 4.78 is 0.758. The summed E-state index contributed by atoms with van der Waals surface area (Å²) in [5, 5.41) is 13.1. The van der Waals surface area contributed by atoms with Crippen LogP contribution in [-0.2, 0) is 18.4 Å². The van der Waals surface area contributed by atoms with E-state index in [9.17, 15) is 19.9 Å². The molecule has 0 N–H and O–H groups in total. The Bertz CT molecular complexity index is 621. The van der Waals surface area contributed by atoms with E-state index in [1.165, 1.54) is 11.1 Å². The van der Waals surface area contributed by atoms with Crippen LogP contribution in [0.15, 0.2) is 23.4 Å². The van der Waals surface area contributed by atoms with Crippen LogP contribution in [-0.4, -0.2) is 38.6 Å². The highest BCUT2D eigenvalue weighted by Gasteiger charge is 2.30. The van der Waals surface area contributed by atoms with Gasteiger partial charge in [-0.15, -0.1) is 18.4 Å². The van der Waals surface area contributed by atoms with E-state index in [1.807, 2.05) is 0 Å². The molecule has 2 heterocycles. The van der Waals surface area contributed by atoms with Crippen LogP contribution in [0.2, 0.25) is 5.15 Å². The van der Waals surface area contributed by atoms with Crippen LogP contribution < -0.4 is 9.79 Å². The second kappa shape index (κ2) is 6.20. The number of aromatic nitrogens is 1. The van der Waals surface area contributed by atoms with Crippen LogP contribution in [0.1, 0.15) is 5.56 Å². The van der Waals surface area contributed by atoms with E-state index in [2.05, 4.69) is 21.9 Å². The Morgan fingerprint density at radius 2 is 2.19 bits per heavy atom. The number of nitro groups is 1. The van der Waals surface area contributed by atoms with Crippen molar-refractivity contribution in [2.45, 2.75) is 6.54 Å². The molecule has 1 fully saturated rings. The first kappa shape index (κ1) is 16.1. The molecule has 12 heteroatoms. The van der Waals surface area contributed by atoms with Gasteiger partial charge in [-0.2, -0.15) is 0 Å². The molecule has 0 spiro atoms. The molecule has 0 radical (unpaired) electrons. The van der Waals surface area contributed by atoms with Crippen molar-refractivity contribution in [3.05, 3.63) is 39.2 Å². The molecule has 9 nitrogen and oxygen atoms in total. The second-order valence-electron chi connectivity index (χ2n) is 4.14. The molecule has 0 atom stereocenters. The van der Waals surface area contributed by atoms with E-state index in [-0.39, 0.29) is 25.6 Å². The van der Waals surface area contributed by atoms with Gasteiger partial charge in [0.15, 0.2) is 5.03 Å². The van der Waals surface area contributed by atoms with Gasteiger partial charge in [-0.3, -0.25) is 0 Å². The monoisotopic (exact) mass is 349 g/mol. The minimum atomic E-state index is -4.32. The van der Waals surface area contributed by atoms with E-state index in [0.717, 1.165) is 4.67 Å². The first-order valence-corrected chi connectivity index (χ1v) is 8.62. The fraction of sp³-hybridized carbons (Fsp3) is 0.333. The molecule has 0 aliphatic carbocycles. The Morgan fingerprint density at radius 1 is 1.48 bits per heavy atom. The Hall–Kier alpha value is -1.32. The molecule has 1 aliphatic heterocycles. The molecule has 0 bridgehead atoms. The van der Waals surface area contributed by atoms with Gasteiger partial charge in [-0.05, 0) is 11.6 Å². The van der Waals surface area contributed by atoms with E-state index in [1.54, 1.807) is 12.1 Å². The minimum absolute atomic E-state index is 0.0258. The van der Waals surface area contributed by atoms with Crippen molar-refractivity contribution in [2.75, 3.05) is 13.1 Å². The van der Waals surface area contributed by atoms with E-state index >= 15 is 0 Å². The number of hydrogen-bond acceptors (Lipinski definition) is 6. The van der Waals surface area contributed by atoms with Gasteiger partial charge in [-0.1, -0.05) is 17.7 Å². The number of hydrazone groups is 1. The summed E-state index contributed by atoms with van der Waals surface area (Å²) in [6, 6.07) is 3.26. The average Bonchev–Trinajstić information content (AvgIpc) is 2.74. The zero-order valence-electron chi connectivity index (χ0n) is 10.5. The average molecular weight is 350 g/mol. The maximum Gasteiger partial charge on any atom is 0.276 e. The molecule has 0 amide bonds. The van der Waals surface area contributed by atoms with Crippen molar-refractivity contribution < 1.29 is 14.8 Å². The van der Waals surface area contributed by atoms with E-state index in [4.69, 9.17) is 11.6 Å². The molecular formula is C9H9ClN5O4PS-2. The van der Waals surface area contributed by atoms with Crippen LogP contribution in [0, 0.1) is 10.1 Å². The smallest absolute Gasteiger partial charge is 0.276 e. The summed E-state index contributed by atoms with van der Waals surface area (Å²) in [5.41, 5.74) is 0.711. The molecule has 1 aliphatic rings. The van der Waals surface area contributed by atoms with Gasteiger partial charge in [0.25, 0.3) is 5.96 Å². The summed E-state index contributed by atoms with van der Waals surface area (Å²) in [6.07, 6.45) is 1.50. The van der Waals surface area contributed by atoms with Crippen LogP contribution in [0.3, 0.4) is 0 Å². The largest absolute Gasteiger partial charge is 0.817 e. The number of pyridine rings is 1. The number of rotatable bonds is 4. The van der Waals surface area contributed by atoms with Crippen LogP contribution in [0.4, 0.5) is 0 Å².